The van der Waals surface area contributed by atoms with Gasteiger partial charge in [0.05, 0.1) is 47.6 Å². The van der Waals surface area contributed by atoms with Crippen molar-refractivity contribution < 1.29 is 23.7 Å². The highest BCUT2D eigenvalue weighted by Gasteiger charge is 2.31. The Morgan fingerprint density at radius 1 is 1.03 bits per heavy atom. The molecule has 1 aliphatic rings. The molecule has 0 unspecified atom stereocenters. The lowest BCUT2D eigenvalue weighted by Crippen LogP contribution is -2.39. The van der Waals surface area contributed by atoms with Crippen molar-refractivity contribution in [3.8, 4) is 17.2 Å². The lowest BCUT2D eigenvalue weighted by atomic mass is 9.97. The zero-order valence-electron chi connectivity index (χ0n) is 20.9. The van der Waals surface area contributed by atoms with Gasteiger partial charge in [-0.3, -0.25) is 9.36 Å². The topological polar surface area (TPSA) is 88.3 Å². The molecule has 0 saturated carbocycles. The quantitative estimate of drug-likeness (QED) is 0.352. The summed E-state index contributed by atoms with van der Waals surface area (Å²) in [5.74, 6) is 1.28. The summed E-state index contributed by atoms with van der Waals surface area (Å²) in [7, 11) is 1.30. The molecule has 1 atom stereocenters. The van der Waals surface area contributed by atoms with E-state index in [2.05, 4.69) is 20.9 Å². The molecule has 0 radical (unpaired) electrons. The number of hydrogen-bond acceptors (Lipinski definition) is 8. The second-order valence-corrected chi connectivity index (χ2v) is 9.73. The third kappa shape index (κ3) is 5.50. The SMILES string of the molecule is CCOc1ccc(/C=c2\sc3n(c2=O)[C@@H](c2ccc(OCC)c(OCC)c2)C(C(=O)OC)=CN=3)cc1Br. The van der Waals surface area contributed by atoms with E-state index >= 15 is 0 Å². The maximum Gasteiger partial charge on any atom is 0.337 e. The van der Waals surface area contributed by atoms with Crippen molar-refractivity contribution >= 4 is 39.3 Å². The zero-order valence-corrected chi connectivity index (χ0v) is 23.4. The van der Waals surface area contributed by atoms with E-state index in [0.29, 0.717) is 46.2 Å². The molecular weight excluding hydrogens is 560 g/mol. The number of halogens is 1. The van der Waals surface area contributed by atoms with E-state index in [1.54, 1.807) is 18.2 Å². The lowest BCUT2D eigenvalue weighted by molar-refractivity contribution is -0.136. The number of fused-ring (bicyclic) bond motifs is 1. The van der Waals surface area contributed by atoms with E-state index in [0.717, 1.165) is 15.8 Å². The number of carbonyl (C=O) groups is 1. The molecule has 1 aromatic heterocycles. The number of esters is 1. The largest absolute Gasteiger partial charge is 0.493 e. The molecule has 1 aliphatic heterocycles. The standard InChI is InChI=1S/C27H27BrN2O6S/c1-5-34-20-10-8-16(12-19(20)28)13-23-25(31)30-24(18(26(32)33-4)15-29-27(30)37-23)17-9-11-21(35-6-2)22(14-17)36-7-3/h8-15,24H,5-7H2,1-4H3/b23-13-/t24-/m0/s1. The molecule has 4 rings (SSSR count). The first-order valence-electron chi connectivity index (χ1n) is 11.8. The third-order valence-electron chi connectivity index (χ3n) is 5.56. The van der Waals surface area contributed by atoms with Crippen LogP contribution in [0.5, 0.6) is 17.2 Å². The highest BCUT2D eigenvalue weighted by atomic mass is 79.9. The molecule has 0 bridgehead atoms. The fourth-order valence-corrected chi connectivity index (χ4v) is 5.50. The van der Waals surface area contributed by atoms with Gasteiger partial charge in [0.25, 0.3) is 5.56 Å². The number of carbonyl (C=O) groups excluding carboxylic acids is 1. The van der Waals surface area contributed by atoms with Crippen molar-refractivity contribution in [3.63, 3.8) is 0 Å². The van der Waals surface area contributed by atoms with Crippen molar-refractivity contribution in [2.24, 2.45) is 4.99 Å². The summed E-state index contributed by atoms with van der Waals surface area (Å²) in [5, 5.41) is 0. The Morgan fingerprint density at radius 3 is 2.38 bits per heavy atom. The van der Waals surface area contributed by atoms with Crippen LogP contribution in [-0.2, 0) is 9.53 Å². The summed E-state index contributed by atoms with van der Waals surface area (Å²) >= 11 is 4.77. The Bertz CT molecular complexity index is 1520. The van der Waals surface area contributed by atoms with Gasteiger partial charge in [-0.1, -0.05) is 23.5 Å². The molecule has 3 aromatic rings. The molecule has 0 amide bonds. The van der Waals surface area contributed by atoms with Gasteiger partial charge in [0.2, 0.25) is 0 Å². The second-order valence-electron chi connectivity index (χ2n) is 7.87. The minimum Gasteiger partial charge on any atom is -0.493 e. The van der Waals surface area contributed by atoms with Gasteiger partial charge in [-0.05, 0) is 78.2 Å². The van der Waals surface area contributed by atoms with Crippen molar-refractivity contribution in [3.05, 3.63) is 83.5 Å². The van der Waals surface area contributed by atoms with Crippen molar-refractivity contribution in [1.29, 1.82) is 0 Å². The third-order valence-corrected chi connectivity index (χ3v) is 7.18. The minimum atomic E-state index is -0.743. The predicted molar refractivity (Wildman–Crippen MR) is 145 cm³/mol. The van der Waals surface area contributed by atoms with Crippen LogP contribution in [0.4, 0.5) is 0 Å². The van der Waals surface area contributed by atoms with E-state index < -0.39 is 12.0 Å². The normalized spacial score (nSPS) is 14.9. The van der Waals surface area contributed by atoms with Crippen molar-refractivity contribution in [2.45, 2.75) is 26.8 Å². The van der Waals surface area contributed by atoms with Crippen LogP contribution in [-0.4, -0.2) is 37.5 Å². The Kier molecular flexibility index (Phi) is 8.50. The van der Waals surface area contributed by atoms with Crippen LogP contribution >= 0.6 is 27.3 Å². The number of thiazole rings is 1. The molecule has 0 N–H and O–H groups in total. The van der Waals surface area contributed by atoms with Gasteiger partial charge in [0, 0.05) is 6.20 Å². The molecule has 8 nitrogen and oxygen atoms in total. The first kappa shape index (κ1) is 26.7. The number of nitrogens with zero attached hydrogens (tertiary/aromatic N) is 2. The van der Waals surface area contributed by atoms with Crippen LogP contribution in [0.2, 0.25) is 0 Å². The van der Waals surface area contributed by atoms with Crippen LogP contribution in [0.15, 0.2) is 62.4 Å². The molecular formula is C27H27BrN2O6S. The minimum absolute atomic E-state index is 0.247. The Balaban J connectivity index is 1.86. The van der Waals surface area contributed by atoms with Crippen LogP contribution in [0, 0.1) is 0 Å². The van der Waals surface area contributed by atoms with Gasteiger partial charge >= 0.3 is 5.97 Å². The van der Waals surface area contributed by atoms with Crippen LogP contribution < -0.4 is 29.1 Å². The molecule has 0 aliphatic carbocycles. The predicted octanol–water partition coefficient (Wildman–Crippen LogP) is 3.98. The summed E-state index contributed by atoms with van der Waals surface area (Å²) in [4.78, 5) is 31.3. The number of hydrogen-bond donors (Lipinski definition) is 0. The fraction of sp³-hybridized carbons (Fsp3) is 0.296. The van der Waals surface area contributed by atoms with Crippen LogP contribution in [0.1, 0.15) is 37.9 Å². The molecule has 10 heteroatoms. The summed E-state index contributed by atoms with van der Waals surface area (Å²) < 4.78 is 24.9. The summed E-state index contributed by atoms with van der Waals surface area (Å²) in [6, 6.07) is 10.3. The molecule has 0 saturated heterocycles. The van der Waals surface area contributed by atoms with Crippen LogP contribution in [0.25, 0.3) is 6.08 Å². The molecule has 37 heavy (non-hydrogen) atoms. The van der Waals surface area contributed by atoms with E-state index in [-0.39, 0.29) is 11.1 Å². The maximum absolute atomic E-state index is 13.7. The van der Waals surface area contributed by atoms with Crippen molar-refractivity contribution in [2.75, 3.05) is 26.9 Å². The molecule has 194 valence electrons. The number of rotatable bonds is 9. The van der Waals surface area contributed by atoms with Gasteiger partial charge in [0.1, 0.15) is 5.75 Å². The number of methoxy groups -OCH3 is 1. The van der Waals surface area contributed by atoms with E-state index in [9.17, 15) is 9.59 Å². The van der Waals surface area contributed by atoms with E-state index in [1.807, 2.05) is 45.0 Å². The molecule has 2 heterocycles. The monoisotopic (exact) mass is 586 g/mol. The van der Waals surface area contributed by atoms with Gasteiger partial charge in [-0.25, -0.2) is 9.79 Å². The fourth-order valence-electron chi connectivity index (χ4n) is 4.02. The van der Waals surface area contributed by atoms with Crippen molar-refractivity contribution in [1.82, 2.24) is 4.57 Å². The number of benzene rings is 2. The summed E-state index contributed by atoms with van der Waals surface area (Å²) in [6.45, 7) is 7.15. The average molecular weight is 587 g/mol. The number of ether oxygens (including phenoxy) is 4. The summed E-state index contributed by atoms with van der Waals surface area (Å²) in [6.07, 6.45) is 3.27. The molecule has 2 aromatic carbocycles. The number of aromatic nitrogens is 1. The van der Waals surface area contributed by atoms with Gasteiger partial charge in [0.15, 0.2) is 16.3 Å². The zero-order chi connectivity index (χ0) is 26.5. The Morgan fingerprint density at radius 2 is 1.70 bits per heavy atom. The van der Waals surface area contributed by atoms with Gasteiger partial charge < -0.3 is 18.9 Å². The molecule has 0 fully saturated rings. The van der Waals surface area contributed by atoms with E-state index in [1.165, 1.54) is 29.2 Å². The summed E-state index contributed by atoms with van der Waals surface area (Å²) in [5.41, 5.74) is 1.48. The first-order chi connectivity index (χ1) is 17.9. The Hall–Kier alpha value is -3.37. The average Bonchev–Trinajstić information content (AvgIpc) is 3.21. The van der Waals surface area contributed by atoms with E-state index in [4.69, 9.17) is 18.9 Å². The Labute approximate surface area is 226 Å². The lowest BCUT2D eigenvalue weighted by Gasteiger charge is -2.23. The second kappa shape index (κ2) is 11.8. The smallest absolute Gasteiger partial charge is 0.337 e. The highest BCUT2D eigenvalue weighted by molar-refractivity contribution is 9.10. The van der Waals surface area contributed by atoms with Gasteiger partial charge in [-0.15, -0.1) is 0 Å². The highest BCUT2D eigenvalue weighted by Crippen LogP contribution is 2.35. The maximum atomic E-state index is 13.7. The first-order valence-corrected chi connectivity index (χ1v) is 13.4. The van der Waals surface area contributed by atoms with Gasteiger partial charge in [-0.2, -0.15) is 0 Å². The van der Waals surface area contributed by atoms with Crippen LogP contribution in [0.3, 0.4) is 0 Å². The molecule has 0 spiro atoms.